The van der Waals surface area contributed by atoms with Crippen LogP contribution in [-0.2, 0) is 11.3 Å². The van der Waals surface area contributed by atoms with Gasteiger partial charge in [-0.25, -0.2) is 0 Å². The van der Waals surface area contributed by atoms with Crippen molar-refractivity contribution < 1.29 is 14.7 Å². The molecule has 0 spiro atoms. The predicted molar refractivity (Wildman–Crippen MR) is 75.8 cm³/mol. The maximum atomic E-state index is 12.4. The van der Waals surface area contributed by atoms with E-state index in [1.54, 1.807) is 24.7 Å². The van der Waals surface area contributed by atoms with Crippen LogP contribution >= 0.6 is 0 Å². The van der Waals surface area contributed by atoms with E-state index in [1.807, 2.05) is 20.8 Å². The molecule has 0 fully saturated rings. The second kappa shape index (κ2) is 6.54. The Kier molecular flexibility index (Phi) is 5.30. The van der Waals surface area contributed by atoms with E-state index in [0.717, 1.165) is 5.69 Å². The molecule has 1 unspecified atom stereocenters. The number of carbonyl (C=O) groups is 2. The van der Waals surface area contributed by atoms with Gasteiger partial charge in [0.05, 0.1) is 11.6 Å². The molecule has 1 heterocycles. The normalized spacial score (nSPS) is 12.5. The van der Waals surface area contributed by atoms with Crippen LogP contribution in [0.5, 0.6) is 0 Å². The maximum absolute atomic E-state index is 12.4. The Morgan fingerprint density at radius 3 is 2.45 bits per heavy atom. The molecule has 1 rings (SSSR count). The van der Waals surface area contributed by atoms with Crippen LogP contribution < -0.4 is 0 Å². The summed E-state index contributed by atoms with van der Waals surface area (Å²) in [6.07, 6.45) is 0. The minimum atomic E-state index is -0.906. The highest BCUT2D eigenvalue weighted by atomic mass is 16.4. The summed E-state index contributed by atoms with van der Waals surface area (Å²) in [5.41, 5.74) is 1.38. The summed E-state index contributed by atoms with van der Waals surface area (Å²) in [5, 5.41) is 13.3. The first-order valence-corrected chi connectivity index (χ1v) is 6.83. The van der Waals surface area contributed by atoms with Crippen molar-refractivity contribution in [3.8, 4) is 0 Å². The lowest BCUT2D eigenvalue weighted by Crippen LogP contribution is -2.34. The summed E-state index contributed by atoms with van der Waals surface area (Å²) in [7, 11) is 1.61. The number of hydrogen-bond acceptors (Lipinski definition) is 3. The van der Waals surface area contributed by atoms with Crippen LogP contribution in [0.1, 0.15) is 49.8 Å². The van der Waals surface area contributed by atoms with E-state index in [0.29, 0.717) is 12.2 Å². The van der Waals surface area contributed by atoms with Gasteiger partial charge in [0.1, 0.15) is 5.69 Å². The van der Waals surface area contributed by atoms with E-state index in [4.69, 9.17) is 5.11 Å². The van der Waals surface area contributed by atoms with Crippen LogP contribution in [0.15, 0.2) is 6.07 Å². The van der Waals surface area contributed by atoms with Gasteiger partial charge >= 0.3 is 5.97 Å². The molecule has 0 bridgehead atoms. The number of aromatic nitrogens is 2. The Balaban J connectivity index is 2.93. The van der Waals surface area contributed by atoms with Crippen LogP contribution in [0, 0.1) is 5.92 Å². The molecule has 6 nitrogen and oxygen atoms in total. The molecule has 0 aliphatic carbocycles. The van der Waals surface area contributed by atoms with Crippen molar-refractivity contribution in [2.75, 3.05) is 13.6 Å². The largest absolute Gasteiger partial charge is 0.481 e. The standard InChI is InChI=1S/C14H23N3O3/c1-6-17-12(7-11(15-17)9(2)3)13(18)16(5)8-10(4)14(19)20/h7,9-10H,6,8H2,1-5H3,(H,19,20). The first-order valence-electron chi connectivity index (χ1n) is 6.83. The lowest BCUT2D eigenvalue weighted by molar-refractivity contribution is -0.141. The zero-order valence-electron chi connectivity index (χ0n) is 12.8. The van der Waals surface area contributed by atoms with Crippen molar-refractivity contribution in [2.24, 2.45) is 5.92 Å². The second-order valence-electron chi connectivity index (χ2n) is 5.35. The third-order valence-electron chi connectivity index (χ3n) is 3.23. The minimum absolute atomic E-state index is 0.181. The van der Waals surface area contributed by atoms with Crippen LogP contribution in [-0.4, -0.2) is 45.3 Å². The molecule has 0 aromatic carbocycles. The van der Waals surface area contributed by atoms with Crippen molar-refractivity contribution in [1.29, 1.82) is 0 Å². The summed E-state index contributed by atoms with van der Waals surface area (Å²) < 4.78 is 1.67. The van der Waals surface area contributed by atoms with Crippen molar-refractivity contribution >= 4 is 11.9 Å². The summed E-state index contributed by atoms with van der Waals surface area (Å²) in [6, 6.07) is 1.79. The molecule has 0 radical (unpaired) electrons. The van der Waals surface area contributed by atoms with Gasteiger partial charge in [-0.2, -0.15) is 5.10 Å². The Morgan fingerprint density at radius 1 is 1.40 bits per heavy atom. The van der Waals surface area contributed by atoms with E-state index >= 15 is 0 Å². The van der Waals surface area contributed by atoms with Gasteiger partial charge in [-0.05, 0) is 18.9 Å². The molecular formula is C14H23N3O3. The number of amides is 1. The summed E-state index contributed by atoms with van der Waals surface area (Å²) in [6.45, 7) is 8.34. The van der Waals surface area contributed by atoms with Crippen molar-refractivity contribution in [2.45, 2.75) is 40.2 Å². The zero-order valence-corrected chi connectivity index (χ0v) is 12.8. The number of carboxylic acids is 1. The highest BCUT2D eigenvalue weighted by Gasteiger charge is 2.22. The summed E-state index contributed by atoms with van der Waals surface area (Å²) >= 11 is 0. The number of aryl methyl sites for hydroxylation is 1. The quantitative estimate of drug-likeness (QED) is 0.863. The van der Waals surface area contributed by atoms with Gasteiger partial charge in [0.2, 0.25) is 0 Å². The van der Waals surface area contributed by atoms with Crippen LogP contribution in [0.3, 0.4) is 0 Å². The van der Waals surface area contributed by atoms with Gasteiger partial charge < -0.3 is 10.0 Å². The molecule has 0 aliphatic rings. The third-order valence-corrected chi connectivity index (χ3v) is 3.23. The van der Waals surface area contributed by atoms with Gasteiger partial charge in [-0.1, -0.05) is 20.8 Å². The van der Waals surface area contributed by atoms with Crippen molar-refractivity contribution in [3.05, 3.63) is 17.5 Å². The molecule has 0 saturated carbocycles. The third kappa shape index (κ3) is 3.59. The number of carboxylic acid groups (broad SMARTS) is 1. The molecule has 1 atom stereocenters. The van der Waals surface area contributed by atoms with E-state index < -0.39 is 11.9 Å². The van der Waals surface area contributed by atoms with E-state index in [1.165, 1.54) is 4.90 Å². The predicted octanol–water partition coefficient (Wildman–Crippen LogP) is 1.82. The topological polar surface area (TPSA) is 75.4 Å². The average molecular weight is 281 g/mol. The number of carbonyl (C=O) groups excluding carboxylic acids is 1. The SMILES string of the molecule is CCn1nc(C(C)C)cc1C(=O)N(C)CC(C)C(=O)O. The second-order valence-corrected chi connectivity index (χ2v) is 5.35. The van der Waals surface area contributed by atoms with Crippen molar-refractivity contribution in [1.82, 2.24) is 14.7 Å². The van der Waals surface area contributed by atoms with Crippen LogP contribution in [0.25, 0.3) is 0 Å². The van der Waals surface area contributed by atoms with Crippen LogP contribution in [0.4, 0.5) is 0 Å². The zero-order chi connectivity index (χ0) is 15.4. The van der Waals surface area contributed by atoms with Crippen molar-refractivity contribution in [3.63, 3.8) is 0 Å². The van der Waals surface area contributed by atoms with E-state index in [-0.39, 0.29) is 18.4 Å². The monoisotopic (exact) mass is 281 g/mol. The van der Waals surface area contributed by atoms with Gasteiger partial charge in [-0.3, -0.25) is 14.3 Å². The fourth-order valence-electron chi connectivity index (χ4n) is 1.90. The first-order chi connectivity index (χ1) is 9.27. The average Bonchev–Trinajstić information content (AvgIpc) is 2.81. The summed E-state index contributed by atoms with van der Waals surface area (Å²) in [4.78, 5) is 24.7. The molecule has 20 heavy (non-hydrogen) atoms. The molecule has 112 valence electrons. The Labute approximate surface area is 119 Å². The molecule has 1 aromatic heterocycles. The number of rotatable bonds is 6. The lowest BCUT2D eigenvalue weighted by Gasteiger charge is -2.19. The van der Waals surface area contributed by atoms with Gasteiger partial charge in [-0.15, -0.1) is 0 Å². The van der Waals surface area contributed by atoms with Gasteiger partial charge in [0, 0.05) is 20.1 Å². The molecule has 1 aromatic rings. The van der Waals surface area contributed by atoms with Gasteiger partial charge in [0.25, 0.3) is 5.91 Å². The smallest absolute Gasteiger partial charge is 0.308 e. The Bertz CT molecular complexity index is 494. The Hall–Kier alpha value is -1.85. The minimum Gasteiger partial charge on any atom is -0.481 e. The lowest BCUT2D eigenvalue weighted by atomic mass is 10.1. The van der Waals surface area contributed by atoms with E-state index in [9.17, 15) is 9.59 Å². The molecule has 0 saturated heterocycles. The Morgan fingerprint density at radius 2 is 2.00 bits per heavy atom. The van der Waals surface area contributed by atoms with Crippen LogP contribution in [0.2, 0.25) is 0 Å². The number of nitrogens with zero attached hydrogens (tertiary/aromatic N) is 3. The highest BCUT2D eigenvalue weighted by Crippen LogP contribution is 2.16. The maximum Gasteiger partial charge on any atom is 0.308 e. The number of aliphatic carboxylic acids is 1. The molecule has 0 aliphatic heterocycles. The first kappa shape index (κ1) is 16.2. The molecule has 1 amide bonds. The van der Waals surface area contributed by atoms with E-state index in [2.05, 4.69) is 5.10 Å². The summed E-state index contributed by atoms with van der Waals surface area (Å²) in [5.74, 6) is -1.44. The highest BCUT2D eigenvalue weighted by molar-refractivity contribution is 5.92. The molecule has 1 N–H and O–H groups in total. The number of hydrogen-bond donors (Lipinski definition) is 1. The fraction of sp³-hybridized carbons (Fsp3) is 0.643. The fourth-order valence-corrected chi connectivity index (χ4v) is 1.90. The molecule has 6 heteroatoms. The molecular weight excluding hydrogens is 258 g/mol. The van der Waals surface area contributed by atoms with Gasteiger partial charge in [0.15, 0.2) is 0 Å².